The zero-order valence-electron chi connectivity index (χ0n) is 12.4. The highest BCUT2D eigenvalue weighted by Crippen LogP contribution is 2.57. The molecule has 1 aliphatic heterocycles. The minimum Gasteiger partial charge on any atom is -0.377 e. The fourth-order valence-corrected chi connectivity index (χ4v) is 3.93. The van der Waals surface area contributed by atoms with Crippen molar-refractivity contribution in [2.45, 2.75) is 38.3 Å². The molecule has 1 saturated carbocycles. The van der Waals surface area contributed by atoms with Gasteiger partial charge in [-0.25, -0.2) is 0 Å². The second-order valence-corrected chi connectivity index (χ2v) is 6.57. The summed E-state index contributed by atoms with van der Waals surface area (Å²) in [5.41, 5.74) is 6.68. The maximum Gasteiger partial charge on any atom is 0.0690 e. The van der Waals surface area contributed by atoms with Gasteiger partial charge in [-0.1, -0.05) is 26.0 Å². The lowest BCUT2D eigenvalue weighted by Gasteiger charge is -2.67. The molecule has 19 heavy (non-hydrogen) atoms. The van der Waals surface area contributed by atoms with Crippen LogP contribution in [0.2, 0.25) is 0 Å². The number of ether oxygens (including phenoxy) is 1. The van der Waals surface area contributed by atoms with E-state index in [-0.39, 0.29) is 11.0 Å². The fraction of sp³-hybridized carbons (Fsp3) is 0.750. The lowest BCUT2D eigenvalue weighted by Crippen LogP contribution is -2.80. The molecule has 0 aromatic carbocycles. The van der Waals surface area contributed by atoms with Crippen LogP contribution in [0.3, 0.4) is 0 Å². The van der Waals surface area contributed by atoms with E-state index in [2.05, 4.69) is 31.9 Å². The molecule has 2 aliphatic rings. The zero-order valence-corrected chi connectivity index (χ0v) is 12.4. The van der Waals surface area contributed by atoms with Crippen LogP contribution in [-0.2, 0) is 4.74 Å². The molecule has 2 rings (SSSR count). The summed E-state index contributed by atoms with van der Waals surface area (Å²) in [5.74, 6) is 0.494. The predicted octanol–water partition coefficient (Wildman–Crippen LogP) is 2.19. The van der Waals surface area contributed by atoms with Crippen molar-refractivity contribution in [1.82, 2.24) is 4.90 Å². The molecule has 2 fully saturated rings. The van der Waals surface area contributed by atoms with Crippen molar-refractivity contribution in [1.29, 1.82) is 0 Å². The van der Waals surface area contributed by atoms with E-state index in [9.17, 15) is 0 Å². The van der Waals surface area contributed by atoms with E-state index < -0.39 is 0 Å². The van der Waals surface area contributed by atoms with Crippen LogP contribution in [0, 0.1) is 11.3 Å². The fourth-order valence-electron chi connectivity index (χ4n) is 3.93. The first-order valence-electron chi connectivity index (χ1n) is 7.32. The summed E-state index contributed by atoms with van der Waals surface area (Å²) in [6.07, 6.45) is 6.54. The third-order valence-corrected chi connectivity index (χ3v) is 5.15. The molecular formula is C16H28N2O. The van der Waals surface area contributed by atoms with Crippen molar-refractivity contribution in [3.8, 4) is 0 Å². The molecular weight excluding hydrogens is 236 g/mol. The molecule has 0 radical (unpaired) electrons. The van der Waals surface area contributed by atoms with E-state index in [4.69, 9.17) is 10.5 Å². The first-order valence-corrected chi connectivity index (χ1v) is 7.32. The Labute approximate surface area is 117 Å². The standard InChI is InChI=1S/C16H28N2O/c1-5-9-18(10-6-2)12-16(17)13-8-7-11-19-14(13)15(16,3)4/h5-6,13-14H,1-2,7-12,17H2,3-4H3. The van der Waals surface area contributed by atoms with Gasteiger partial charge in [0.2, 0.25) is 0 Å². The molecule has 1 aliphatic carbocycles. The van der Waals surface area contributed by atoms with Gasteiger partial charge in [0.1, 0.15) is 0 Å². The maximum atomic E-state index is 6.81. The summed E-state index contributed by atoms with van der Waals surface area (Å²) in [7, 11) is 0. The Balaban J connectivity index is 2.11. The first-order chi connectivity index (χ1) is 8.97. The minimum absolute atomic E-state index is 0.0404. The number of hydrogen-bond donors (Lipinski definition) is 1. The van der Waals surface area contributed by atoms with Crippen LogP contribution in [0.4, 0.5) is 0 Å². The van der Waals surface area contributed by atoms with E-state index in [1.807, 2.05) is 12.2 Å². The Bertz CT molecular complexity index is 343. The van der Waals surface area contributed by atoms with E-state index in [1.54, 1.807) is 0 Å². The van der Waals surface area contributed by atoms with Crippen molar-refractivity contribution in [3.05, 3.63) is 25.3 Å². The van der Waals surface area contributed by atoms with Crippen LogP contribution in [0.15, 0.2) is 25.3 Å². The van der Waals surface area contributed by atoms with Gasteiger partial charge in [-0.05, 0) is 12.8 Å². The van der Waals surface area contributed by atoms with Crippen molar-refractivity contribution < 1.29 is 4.74 Å². The average molecular weight is 264 g/mol. The smallest absolute Gasteiger partial charge is 0.0690 e. The molecule has 2 N–H and O–H groups in total. The summed E-state index contributed by atoms with van der Waals surface area (Å²) in [5, 5.41) is 0. The normalized spacial score (nSPS) is 36.4. The van der Waals surface area contributed by atoms with Gasteiger partial charge >= 0.3 is 0 Å². The van der Waals surface area contributed by atoms with Crippen molar-refractivity contribution in [2.75, 3.05) is 26.2 Å². The third kappa shape index (κ3) is 2.28. The largest absolute Gasteiger partial charge is 0.377 e. The van der Waals surface area contributed by atoms with Gasteiger partial charge in [0.15, 0.2) is 0 Å². The monoisotopic (exact) mass is 264 g/mol. The molecule has 0 aromatic rings. The van der Waals surface area contributed by atoms with Gasteiger partial charge in [-0.15, -0.1) is 13.2 Å². The molecule has 3 heteroatoms. The van der Waals surface area contributed by atoms with Crippen LogP contribution >= 0.6 is 0 Å². The van der Waals surface area contributed by atoms with Gasteiger partial charge in [-0.2, -0.15) is 0 Å². The quantitative estimate of drug-likeness (QED) is 0.747. The number of fused-ring (bicyclic) bond motifs is 1. The maximum absolute atomic E-state index is 6.81. The average Bonchev–Trinajstić information content (AvgIpc) is 2.39. The van der Waals surface area contributed by atoms with Gasteiger partial charge < -0.3 is 10.5 Å². The Morgan fingerprint density at radius 1 is 1.32 bits per heavy atom. The molecule has 3 nitrogen and oxygen atoms in total. The summed E-state index contributed by atoms with van der Waals surface area (Å²) >= 11 is 0. The van der Waals surface area contributed by atoms with Crippen LogP contribution in [-0.4, -0.2) is 42.8 Å². The topological polar surface area (TPSA) is 38.5 Å². The third-order valence-electron chi connectivity index (χ3n) is 5.15. The summed E-state index contributed by atoms with van der Waals surface area (Å²) in [4.78, 5) is 2.33. The molecule has 0 amide bonds. The van der Waals surface area contributed by atoms with Crippen LogP contribution in [0.25, 0.3) is 0 Å². The second kappa shape index (κ2) is 5.39. The number of rotatable bonds is 6. The molecule has 3 unspecified atom stereocenters. The molecule has 108 valence electrons. The molecule has 1 heterocycles. The van der Waals surface area contributed by atoms with E-state index in [1.165, 1.54) is 6.42 Å². The SMILES string of the molecule is C=CCN(CC=C)CC1(N)C2CCCOC2C1(C)C. The van der Waals surface area contributed by atoms with E-state index in [0.29, 0.717) is 12.0 Å². The molecule has 0 bridgehead atoms. The van der Waals surface area contributed by atoms with Crippen molar-refractivity contribution in [3.63, 3.8) is 0 Å². The van der Waals surface area contributed by atoms with Gasteiger partial charge in [0.25, 0.3) is 0 Å². The highest BCUT2D eigenvalue weighted by atomic mass is 16.5. The van der Waals surface area contributed by atoms with Gasteiger partial charge in [-0.3, -0.25) is 4.90 Å². The predicted molar refractivity (Wildman–Crippen MR) is 80.0 cm³/mol. The van der Waals surface area contributed by atoms with Crippen LogP contribution < -0.4 is 5.73 Å². The Morgan fingerprint density at radius 3 is 2.53 bits per heavy atom. The zero-order chi connectivity index (χ0) is 14.1. The lowest BCUT2D eigenvalue weighted by atomic mass is 9.46. The lowest BCUT2D eigenvalue weighted by molar-refractivity contribution is -0.231. The number of nitrogens with zero attached hydrogens (tertiary/aromatic N) is 1. The number of hydrogen-bond acceptors (Lipinski definition) is 3. The van der Waals surface area contributed by atoms with E-state index >= 15 is 0 Å². The summed E-state index contributed by atoms with van der Waals surface area (Å²) in [6, 6.07) is 0. The summed E-state index contributed by atoms with van der Waals surface area (Å²) < 4.78 is 5.95. The van der Waals surface area contributed by atoms with Crippen LogP contribution in [0.5, 0.6) is 0 Å². The highest BCUT2D eigenvalue weighted by Gasteiger charge is 2.66. The Morgan fingerprint density at radius 2 is 1.95 bits per heavy atom. The van der Waals surface area contributed by atoms with Gasteiger partial charge in [0, 0.05) is 43.1 Å². The highest BCUT2D eigenvalue weighted by molar-refractivity contribution is 5.21. The van der Waals surface area contributed by atoms with E-state index in [0.717, 1.165) is 32.7 Å². The Hall–Kier alpha value is -0.640. The second-order valence-electron chi connectivity index (χ2n) is 6.57. The Kier molecular flexibility index (Phi) is 4.19. The summed E-state index contributed by atoms with van der Waals surface area (Å²) in [6.45, 7) is 15.7. The molecule has 0 aromatic heterocycles. The van der Waals surface area contributed by atoms with Crippen LogP contribution in [0.1, 0.15) is 26.7 Å². The molecule has 0 spiro atoms. The molecule has 3 atom stereocenters. The molecule has 1 saturated heterocycles. The van der Waals surface area contributed by atoms with Crippen molar-refractivity contribution >= 4 is 0 Å². The minimum atomic E-state index is -0.163. The van der Waals surface area contributed by atoms with Gasteiger partial charge in [0.05, 0.1) is 6.10 Å². The first kappa shape index (κ1) is 14.8. The number of nitrogens with two attached hydrogens (primary N) is 1. The van der Waals surface area contributed by atoms with Crippen molar-refractivity contribution in [2.24, 2.45) is 17.1 Å².